The monoisotopic (exact) mass is 311 g/mol. The zero-order chi connectivity index (χ0) is 9.84. The lowest BCUT2D eigenvalue weighted by molar-refractivity contribution is -0.140. The predicted molar refractivity (Wildman–Crippen MR) is 52.1 cm³/mol. The Morgan fingerprint density at radius 1 is 1.62 bits per heavy atom. The van der Waals surface area contributed by atoms with E-state index in [4.69, 9.17) is 0 Å². The number of carbonyl (C=O) groups excluding carboxylic acids is 1. The van der Waals surface area contributed by atoms with Crippen LogP contribution in [0.4, 0.5) is 0 Å². The Labute approximate surface area is 91.7 Å². The Hall–Kier alpha value is -0.430. The molecule has 0 saturated carbocycles. The summed E-state index contributed by atoms with van der Waals surface area (Å²) in [6, 6.07) is 0. The zero-order valence-corrected chi connectivity index (χ0v) is 10.0. The fourth-order valence-corrected chi connectivity index (χ4v) is 1.76. The van der Waals surface area contributed by atoms with Gasteiger partial charge >= 0.3 is 5.97 Å². The van der Waals surface area contributed by atoms with Crippen LogP contribution >= 0.6 is 31.9 Å². The first-order valence-electron chi connectivity index (χ1n) is 3.46. The van der Waals surface area contributed by atoms with Gasteiger partial charge in [0.15, 0.2) is 4.73 Å². The summed E-state index contributed by atoms with van der Waals surface area (Å²) in [6.45, 7) is 0.450. The second kappa shape index (κ2) is 4.71. The van der Waals surface area contributed by atoms with Crippen LogP contribution in [0, 0.1) is 0 Å². The Bertz CT molecular complexity index is 313. The Morgan fingerprint density at radius 2 is 2.31 bits per heavy atom. The van der Waals surface area contributed by atoms with Crippen LogP contribution < -0.4 is 0 Å². The highest BCUT2D eigenvalue weighted by molar-refractivity contribution is 9.11. The summed E-state index contributed by atoms with van der Waals surface area (Å²) in [5, 5.41) is 3.98. The van der Waals surface area contributed by atoms with Crippen LogP contribution in [0.2, 0.25) is 0 Å². The van der Waals surface area contributed by atoms with Gasteiger partial charge in [-0.1, -0.05) is 0 Å². The van der Waals surface area contributed by atoms with E-state index >= 15 is 0 Å². The number of rotatable bonds is 3. The second-order valence-electron chi connectivity index (χ2n) is 2.20. The van der Waals surface area contributed by atoms with Crippen molar-refractivity contribution in [1.82, 2.24) is 14.8 Å². The highest BCUT2D eigenvalue weighted by Gasteiger charge is 2.07. The summed E-state index contributed by atoms with van der Waals surface area (Å²) < 4.78 is 7.14. The third-order valence-corrected chi connectivity index (χ3v) is 2.28. The van der Waals surface area contributed by atoms with E-state index in [9.17, 15) is 4.79 Å². The van der Waals surface area contributed by atoms with Gasteiger partial charge in [-0.05, 0) is 31.9 Å². The molecule has 0 spiro atoms. The summed E-state index contributed by atoms with van der Waals surface area (Å²) in [7, 11) is 1.36. The predicted octanol–water partition coefficient (Wildman–Crippen LogP) is 1.37. The number of aromatic nitrogens is 3. The molecular formula is C6H7Br2N3O2. The number of esters is 1. The van der Waals surface area contributed by atoms with Crippen molar-refractivity contribution in [3.63, 3.8) is 0 Å². The first-order chi connectivity index (χ1) is 6.13. The molecule has 72 valence electrons. The first-order valence-corrected chi connectivity index (χ1v) is 5.04. The Balaban J connectivity index is 2.54. The van der Waals surface area contributed by atoms with Gasteiger partial charge in [0, 0.05) is 0 Å². The molecule has 5 nitrogen and oxygen atoms in total. The summed E-state index contributed by atoms with van der Waals surface area (Å²) in [5.74, 6) is -0.265. The maximum atomic E-state index is 10.8. The third kappa shape index (κ3) is 3.07. The van der Waals surface area contributed by atoms with Crippen molar-refractivity contribution in [3.8, 4) is 0 Å². The average molecular weight is 313 g/mol. The fraction of sp³-hybridized carbons (Fsp3) is 0.500. The topological polar surface area (TPSA) is 57.0 Å². The SMILES string of the molecule is COC(=O)CCn1nc(Br)nc1Br. The van der Waals surface area contributed by atoms with Gasteiger partial charge in [0.25, 0.3) is 0 Å². The van der Waals surface area contributed by atoms with Crippen LogP contribution in [0.1, 0.15) is 6.42 Å². The van der Waals surface area contributed by atoms with Gasteiger partial charge < -0.3 is 4.74 Å². The van der Waals surface area contributed by atoms with Crippen LogP contribution in [0.3, 0.4) is 0 Å². The van der Waals surface area contributed by atoms with Gasteiger partial charge in [0.05, 0.1) is 20.1 Å². The molecule has 7 heteroatoms. The number of methoxy groups -OCH3 is 1. The number of ether oxygens (including phenoxy) is 1. The molecule has 0 amide bonds. The van der Waals surface area contributed by atoms with E-state index in [2.05, 4.69) is 46.7 Å². The normalized spacial score (nSPS) is 10.1. The summed E-state index contributed by atoms with van der Waals surface area (Å²) >= 11 is 6.31. The Morgan fingerprint density at radius 3 is 2.77 bits per heavy atom. The molecule has 0 aliphatic heterocycles. The minimum absolute atomic E-state index is 0.265. The molecule has 0 N–H and O–H groups in total. The number of carbonyl (C=O) groups is 1. The van der Waals surface area contributed by atoms with E-state index in [1.165, 1.54) is 7.11 Å². The molecule has 0 aliphatic rings. The lowest BCUT2D eigenvalue weighted by atomic mass is 10.4. The number of aryl methyl sites for hydroxylation is 1. The Kier molecular flexibility index (Phi) is 3.86. The second-order valence-corrected chi connectivity index (χ2v) is 3.62. The molecular weight excluding hydrogens is 306 g/mol. The summed E-state index contributed by atoms with van der Waals surface area (Å²) in [5.41, 5.74) is 0. The molecule has 0 fully saturated rings. The van der Waals surface area contributed by atoms with Crippen molar-refractivity contribution in [3.05, 3.63) is 9.47 Å². The number of hydrogen-bond donors (Lipinski definition) is 0. The van der Waals surface area contributed by atoms with Gasteiger partial charge in [-0.25, -0.2) is 4.68 Å². The number of hydrogen-bond acceptors (Lipinski definition) is 4. The number of halogens is 2. The standard InChI is InChI=1S/C6H7Br2N3O2/c1-13-4(12)2-3-11-6(8)9-5(7)10-11/h2-3H2,1H3. The zero-order valence-electron chi connectivity index (χ0n) is 6.83. The van der Waals surface area contributed by atoms with E-state index in [1.807, 2.05) is 0 Å². The summed E-state index contributed by atoms with van der Waals surface area (Å²) in [4.78, 5) is 14.7. The minimum Gasteiger partial charge on any atom is -0.469 e. The minimum atomic E-state index is -0.265. The van der Waals surface area contributed by atoms with Gasteiger partial charge in [-0.3, -0.25) is 4.79 Å². The van der Waals surface area contributed by atoms with Crippen LogP contribution in [0.25, 0.3) is 0 Å². The number of nitrogens with zero attached hydrogens (tertiary/aromatic N) is 3. The van der Waals surface area contributed by atoms with Crippen LogP contribution in [-0.4, -0.2) is 27.8 Å². The molecule has 0 radical (unpaired) electrons. The van der Waals surface area contributed by atoms with E-state index in [1.54, 1.807) is 4.68 Å². The van der Waals surface area contributed by atoms with Crippen molar-refractivity contribution < 1.29 is 9.53 Å². The lowest BCUT2D eigenvalue weighted by Crippen LogP contribution is -2.08. The smallest absolute Gasteiger partial charge is 0.307 e. The van der Waals surface area contributed by atoms with Crippen molar-refractivity contribution in [2.24, 2.45) is 0 Å². The fourth-order valence-electron chi connectivity index (χ4n) is 0.739. The molecule has 0 aliphatic carbocycles. The highest BCUT2D eigenvalue weighted by Crippen LogP contribution is 2.11. The molecule has 1 aromatic rings. The molecule has 13 heavy (non-hydrogen) atoms. The first kappa shape index (κ1) is 10.6. The van der Waals surface area contributed by atoms with Gasteiger partial charge in [0.2, 0.25) is 4.73 Å². The van der Waals surface area contributed by atoms with Crippen molar-refractivity contribution in [2.45, 2.75) is 13.0 Å². The maximum Gasteiger partial charge on any atom is 0.307 e. The molecule has 0 aromatic carbocycles. The van der Waals surface area contributed by atoms with Gasteiger partial charge in [0.1, 0.15) is 0 Å². The van der Waals surface area contributed by atoms with Crippen LogP contribution in [0.15, 0.2) is 9.47 Å². The maximum absolute atomic E-state index is 10.8. The molecule has 0 saturated heterocycles. The lowest BCUT2D eigenvalue weighted by Gasteiger charge is -1.99. The van der Waals surface area contributed by atoms with Crippen molar-refractivity contribution in [2.75, 3.05) is 7.11 Å². The quantitative estimate of drug-likeness (QED) is 0.791. The largest absolute Gasteiger partial charge is 0.469 e. The average Bonchev–Trinajstić information content (AvgIpc) is 2.41. The van der Waals surface area contributed by atoms with Gasteiger partial charge in [-0.15, -0.1) is 5.10 Å². The van der Waals surface area contributed by atoms with E-state index < -0.39 is 0 Å². The molecule has 1 aromatic heterocycles. The van der Waals surface area contributed by atoms with E-state index in [-0.39, 0.29) is 12.4 Å². The molecule has 0 atom stereocenters. The van der Waals surface area contributed by atoms with Crippen molar-refractivity contribution in [1.29, 1.82) is 0 Å². The molecule has 1 heterocycles. The van der Waals surface area contributed by atoms with E-state index in [0.717, 1.165) is 0 Å². The van der Waals surface area contributed by atoms with Crippen LogP contribution in [-0.2, 0) is 16.1 Å². The van der Waals surface area contributed by atoms with Gasteiger partial charge in [-0.2, -0.15) is 4.98 Å². The highest BCUT2D eigenvalue weighted by atomic mass is 79.9. The molecule has 0 unspecified atom stereocenters. The third-order valence-electron chi connectivity index (χ3n) is 1.36. The summed E-state index contributed by atoms with van der Waals surface area (Å²) in [6.07, 6.45) is 0.283. The molecule has 0 bridgehead atoms. The molecule has 1 rings (SSSR count). The van der Waals surface area contributed by atoms with Crippen LogP contribution in [0.5, 0.6) is 0 Å². The van der Waals surface area contributed by atoms with Crippen molar-refractivity contribution >= 4 is 37.8 Å². The van der Waals surface area contributed by atoms with E-state index in [0.29, 0.717) is 16.0 Å².